The van der Waals surface area contributed by atoms with E-state index >= 15 is 0 Å². The standard InChI is InChI=1S/C16H23N3O3/c1-18-16(21)14-10-12(17)11-19(14)15(20)8-5-9-22-13-6-3-2-4-7-13/h2-4,6-7,12,14H,5,8-11,17H2,1H3,(H,18,21)/t12-,14+/m1/s1. The van der Waals surface area contributed by atoms with E-state index in [1.807, 2.05) is 30.3 Å². The molecule has 1 saturated heterocycles. The molecule has 1 aliphatic rings. The second-order valence-corrected chi connectivity index (χ2v) is 5.44. The maximum atomic E-state index is 12.3. The third-order valence-corrected chi connectivity index (χ3v) is 3.75. The first-order valence-corrected chi connectivity index (χ1v) is 7.56. The third kappa shape index (κ3) is 4.21. The van der Waals surface area contributed by atoms with E-state index in [4.69, 9.17) is 10.5 Å². The number of carbonyl (C=O) groups is 2. The van der Waals surface area contributed by atoms with Crippen molar-refractivity contribution >= 4 is 11.8 Å². The molecule has 0 aromatic heterocycles. The van der Waals surface area contributed by atoms with Crippen molar-refractivity contribution < 1.29 is 14.3 Å². The first-order valence-electron chi connectivity index (χ1n) is 7.56. The first kappa shape index (κ1) is 16.3. The zero-order chi connectivity index (χ0) is 15.9. The molecule has 2 atom stereocenters. The van der Waals surface area contributed by atoms with E-state index < -0.39 is 6.04 Å². The van der Waals surface area contributed by atoms with Crippen molar-refractivity contribution in [2.75, 3.05) is 20.2 Å². The molecule has 0 bridgehead atoms. The van der Waals surface area contributed by atoms with Crippen LogP contribution in [0.3, 0.4) is 0 Å². The van der Waals surface area contributed by atoms with Gasteiger partial charge >= 0.3 is 0 Å². The van der Waals surface area contributed by atoms with Crippen LogP contribution in [0.2, 0.25) is 0 Å². The Hall–Kier alpha value is -2.08. The van der Waals surface area contributed by atoms with Crippen molar-refractivity contribution in [2.45, 2.75) is 31.3 Å². The highest BCUT2D eigenvalue weighted by Gasteiger charge is 2.37. The number of hydrogen-bond acceptors (Lipinski definition) is 4. The molecule has 0 spiro atoms. The van der Waals surface area contributed by atoms with E-state index in [9.17, 15) is 9.59 Å². The molecule has 1 aromatic rings. The number of nitrogens with zero attached hydrogens (tertiary/aromatic N) is 1. The van der Waals surface area contributed by atoms with Crippen LogP contribution >= 0.6 is 0 Å². The van der Waals surface area contributed by atoms with E-state index in [-0.39, 0.29) is 17.9 Å². The molecule has 1 heterocycles. The molecule has 1 aromatic carbocycles. The molecule has 0 unspecified atom stereocenters. The van der Waals surface area contributed by atoms with E-state index in [1.165, 1.54) is 0 Å². The number of rotatable bonds is 6. The normalized spacial score (nSPS) is 20.7. The number of para-hydroxylation sites is 1. The van der Waals surface area contributed by atoms with Crippen molar-refractivity contribution in [3.8, 4) is 5.75 Å². The topological polar surface area (TPSA) is 84.7 Å². The molecule has 2 amide bonds. The van der Waals surface area contributed by atoms with E-state index in [0.717, 1.165) is 5.75 Å². The number of nitrogens with two attached hydrogens (primary N) is 1. The zero-order valence-corrected chi connectivity index (χ0v) is 12.8. The summed E-state index contributed by atoms with van der Waals surface area (Å²) < 4.78 is 5.56. The quantitative estimate of drug-likeness (QED) is 0.750. The smallest absolute Gasteiger partial charge is 0.242 e. The summed E-state index contributed by atoms with van der Waals surface area (Å²) in [6, 6.07) is 8.91. The predicted molar refractivity (Wildman–Crippen MR) is 83.3 cm³/mol. The average Bonchev–Trinajstić information content (AvgIpc) is 2.93. The lowest BCUT2D eigenvalue weighted by atomic mass is 10.1. The summed E-state index contributed by atoms with van der Waals surface area (Å²) in [5.74, 6) is 0.599. The molecule has 1 fully saturated rings. The highest BCUT2D eigenvalue weighted by atomic mass is 16.5. The zero-order valence-electron chi connectivity index (χ0n) is 12.8. The Balaban J connectivity index is 1.77. The van der Waals surface area contributed by atoms with Crippen molar-refractivity contribution in [1.82, 2.24) is 10.2 Å². The number of hydrogen-bond donors (Lipinski definition) is 2. The van der Waals surface area contributed by atoms with Gasteiger partial charge in [-0.3, -0.25) is 9.59 Å². The number of carbonyl (C=O) groups excluding carboxylic acids is 2. The summed E-state index contributed by atoms with van der Waals surface area (Å²) in [5.41, 5.74) is 5.88. The molecule has 22 heavy (non-hydrogen) atoms. The van der Waals surface area contributed by atoms with Crippen LogP contribution < -0.4 is 15.8 Å². The minimum atomic E-state index is -0.442. The second-order valence-electron chi connectivity index (χ2n) is 5.44. The monoisotopic (exact) mass is 305 g/mol. The van der Waals surface area contributed by atoms with Gasteiger partial charge in [0.25, 0.3) is 0 Å². The van der Waals surface area contributed by atoms with Crippen LogP contribution in [-0.2, 0) is 9.59 Å². The summed E-state index contributed by atoms with van der Waals surface area (Å²) in [6.07, 6.45) is 1.49. The van der Waals surface area contributed by atoms with Crippen molar-refractivity contribution in [1.29, 1.82) is 0 Å². The summed E-state index contributed by atoms with van der Waals surface area (Å²) in [6.45, 7) is 0.913. The number of amides is 2. The molecular weight excluding hydrogens is 282 g/mol. The van der Waals surface area contributed by atoms with Gasteiger partial charge in [-0.1, -0.05) is 18.2 Å². The van der Waals surface area contributed by atoms with E-state index in [1.54, 1.807) is 11.9 Å². The van der Waals surface area contributed by atoms with Crippen LogP contribution in [0, 0.1) is 0 Å². The number of ether oxygens (including phenoxy) is 1. The fraction of sp³-hybridized carbons (Fsp3) is 0.500. The van der Waals surface area contributed by atoms with Crippen LogP contribution in [0.4, 0.5) is 0 Å². The van der Waals surface area contributed by atoms with Crippen molar-refractivity contribution in [2.24, 2.45) is 5.73 Å². The van der Waals surface area contributed by atoms with Gasteiger partial charge in [-0.05, 0) is 25.0 Å². The molecule has 0 saturated carbocycles. The first-order chi connectivity index (χ1) is 10.6. The molecule has 6 heteroatoms. The molecule has 0 radical (unpaired) electrons. The van der Waals surface area contributed by atoms with Gasteiger partial charge < -0.3 is 20.7 Å². The van der Waals surface area contributed by atoms with Gasteiger partial charge in [0, 0.05) is 26.1 Å². The minimum absolute atomic E-state index is 0.0433. The second kappa shape index (κ2) is 7.79. The molecule has 6 nitrogen and oxygen atoms in total. The minimum Gasteiger partial charge on any atom is -0.494 e. The van der Waals surface area contributed by atoms with Crippen molar-refractivity contribution in [3.05, 3.63) is 30.3 Å². The van der Waals surface area contributed by atoms with Crippen LogP contribution in [0.5, 0.6) is 5.75 Å². The van der Waals surface area contributed by atoms with Crippen LogP contribution in [-0.4, -0.2) is 49.0 Å². The fourth-order valence-corrected chi connectivity index (χ4v) is 2.63. The van der Waals surface area contributed by atoms with Crippen LogP contribution in [0.15, 0.2) is 30.3 Å². The third-order valence-electron chi connectivity index (χ3n) is 3.75. The van der Waals surface area contributed by atoms with Crippen molar-refractivity contribution in [3.63, 3.8) is 0 Å². The van der Waals surface area contributed by atoms with Gasteiger partial charge in [0.05, 0.1) is 6.61 Å². The Kier molecular flexibility index (Phi) is 5.77. The maximum Gasteiger partial charge on any atom is 0.242 e. The summed E-state index contributed by atoms with van der Waals surface area (Å²) in [5, 5.41) is 2.59. The Morgan fingerprint density at radius 3 is 2.77 bits per heavy atom. The average molecular weight is 305 g/mol. The lowest BCUT2D eigenvalue weighted by molar-refractivity contribution is -0.138. The summed E-state index contributed by atoms with van der Waals surface area (Å²) in [7, 11) is 1.57. The maximum absolute atomic E-state index is 12.3. The largest absolute Gasteiger partial charge is 0.494 e. The summed E-state index contributed by atoms with van der Waals surface area (Å²) in [4.78, 5) is 25.7. The molecule has 120 valence electrons. The van der Waals surface area contributed by atoms with E-state index in [0.29, 0.717) is 32.4 Å². The van der Waals surface area contributed by atoms with Crippen LogP contribution in [0.25, 0.3) is 0 Å². The lowest BCUT2D eigenvalue weighted by Gasteiger charge is -2.23. The van der Waals surface area contributed by atoms with Gasteiger partial charge in [0.2, 0.25) is 11.8 Å². The number of benzene rings is 1. The Bertz CT molecular complexity index is 507. The van der Waals surface area contributed by atoms with Gasteiger partial charge in [-0.25, -0.2) is 0 Å². The summed E-state index contributed by atoms with van der Waals surface area (Å²) >= 11 is 0. The molecule has 2 rings (SSSR count). The predicted octanol–water partition coefficient (Wildman–Crippen LogP) is 0.520. The van der Waals surface area contributed by atoms with Gasteiger partial charge in [-0.15, -0.1) is 0 Å². The Morgan fingerprint density at radius 2 is 2.09 bits per heavy atom. The number of likely N-dealkylation sites (N-methyl/N-ethyl adjacent to an activating group) is 1. The fourth-order valence-electron chi connectivity index (χ4n) is 2.63. The lowest BCUT2D eigenvalue weighted by Crippen LogP contribution is -2.45. The molecule has 3 N–H and O–H groups in total. The van der Waals surface area contributed by atoms with Gasteiger partial charge in [-0.2, -0.15) is 0 Å². The van der Waals surface area contributed by atoms with Gasteiger partial charge in [0.15, 0.2) is 0 Å². The SMILES string of the molecule is CNC(=O)[C@@H]1C[C@@H](N)CN1C(=O)CCCOc1ccccc1. The highest BCUT2D eigenvalue weighted by Crippen LogP contribution is 2.18. The van der Waals surface area contributed by atoms with Gasteiger partial charge in [0.1, 0.15) is 11.8 Å². The number of likely N-dealkylation sites (tertiary alicyclic amines) is 1. The Morgan fingerprint density at radius 1 is 1.36 bits per heavy atom. The van der Waals surface area contributed by atoms with E-state index in [2.05, 4.69) is 5.32 Å². The molecule has 0 aliphatic carbocycles. The highest BCUT2D eigenvalue weighted by molar-refractivity contribution is 5.88. The Labute approximate surface area is 130 Å². The van der Waals surface area contributed by atoms with Crippen LogP contribution in [0.1, 0.15) is 19.3 Å². The number of nitrogens with one attached hydrogen (secondary N) is 1. The molecular formula is C16H23N3O3. The molecule has 1 aliphatic heterocycles.